The molecule has 0 unspecified atom stereocenters. The molecule has 2 aromatic carbocycles. The van der Waals surface area contributed by atoms with Crippen LogP contribution in [0.1, 0.15) is 11.4 Å². The Morgan fingerprint density at radius 3 is 2.64 bits per heavy atom. The van der Waals surface area contributed by atoms with Gasteiger partial charge in [-0.15, -0.1) is 0 Å². The molecule has 0 spiro atoms. The summed E-state index contributed by atoms with van der Waals surface area (Å²) in [5, 5.41) is 2.62. The number of halogens is 4. The van der Waals surface area contributed by atoms with Crippen molar-refractivity contribution < 1.29 is 18.0 Å². The third-order valence-electron chi connectivity index (χ3n) is 3.65. The van der Waals surface area contributed by atoms with E-state index >= 15 is 0 Å². The molecule has 1 aromatic heterocycles. The van der Waals surface area contributed by atoms with Gasteiger partial charge in [0.15, 0.2) is 0 Å². The molecule has 0 saturated carbocycles. The lowest BCUT2D eigenvalue weighted by molar-refractivity contribution is -0.147. The number of fused-ring (bicyclic) bond motifs is 1. The fourth-order valence-corrected chi connectivity index (χ4v) is 2.77. The average Bonchev–Trinajstić information content (AvgIpc) is 2.90. The van der Waals surface area contributed by atoms with Crippen LogP contribution >= 0.6 is 15.9 Å². The van der Waals surface area contributed by atoms with E-state index in [9.17, 15) is 18.0 Å². The molecular weight excluding hydrogens is 399 g/mol. The van der Waals surface area contributed by atoms with Gasteiger partial charge >= 0.3 is 6.18 Å². The number of amides is 1. The zero-order chi connectivity index (χ0) is 18.2. The van der Waals surface area contributed by atoms with Gasteiger partial charge < -0.3 is 9.88 Å². The molecule has 0 aliphatic heterocycles. The lowest BCUT2D eigenvalue weighted by Gasteiger charge is -2.12. The number of rotatable bonds is 3. The van der Waals surface area contributed by atoms with Crippen LogP contribution in [0.3, 0.4) is 0 Å². The Labute approximate surface area is 149 Å². The monoisotopic (exact) mass is 411 g/mol. The lowest BCUT2D eigenvalue weighted by Crippen LogP contribution is -2.23. The van der Waals surface area contributed by atoms with E-state index in [1.807, 2.05) is 6.92 Å². The van der Waals surface area contributed by atoms with Crippen molar-refractivity contribution >= 4 is 38.6 Å². The van der Waals surface area contributed by atoms with E-state index in [0.29, 0.717) is 5.69 Å². The van der Waals surface area contributed by atoms with Crippen LogP contribution in [-0.4, -0.2) is 15.5 Å². The van der Waals surface area contributed by atoms with Crippen LogP contribution in [-0.2, 0) is 17.5 Å². The number of aromatic nitrogens is 2. The molecule has 8 heteroatoms. The fourth-order valence-electron chi connectivity index (χ4n) is 2.52. The number of alkyl halides is 3. The minimum Gasteiger partial charge on any atom is -0.325 e. The molecule has 130 valence electrons. The third-order valence-corrected chi connectivity index (χ3v) is 4.54. The zero-order valence-electron chi connectivity index (χ0n) is 13.1. The quantitative estimate of drug-likeness (QED) is 0.674. The van der Waals surface area contributed by atoms with Crippen LogP contribution in [0.2, 0.25) is 0 Å². The Bertz CT molecular complexity index is 950. The SMILES string of the molecule is Cc1cc(NC(=O)Cn2c(C(F)(F)F)nc3ccccc32)ccc1Br. The van der Waals surface area contributed by atoms with Crippen molar-refractivity contribution in [3.63, 3.8) is 0 Å². The number of aryl methyl sites for hydroxylation is 1. The molecule has 0 saturated heterocycles. The van der Waals surface area contributed by atoms with Gasteiger partial charge in [-0.3, -0.25) is 4.79 Å². The number of imidazole rings is 1. The van der Waals surface area contributed by atoms with Crippen molar-refractivity contribution in [3.05, 3.63) is 58.3 Å². The third kappa shape index (κ3) is 3.68. The largest absolute Gasteiger partial charge is 0.449 e. The van der Waals surface area contributed by atoms with Crippen LogP contribution in [0.4, 0.5) is 18.9 Å². The smallest absolute Gasteiger partial charge is 0.325 e. The molecule has 25 heavy (non-hydrogen) atoms. The predicted molar refractivity (Wildman–Crippen MR) is 92.2 cm³/mol. The molecule has 0 bridgehead atoms. The van der Waals surface area contributed by atoms with E-state index in [1.165, 1.54) is 12.1 Å². The minimum absolute atomic E-state index is 0.196. The number of nitrogens with one attached hydrogen (secondary N) is 1. The first kappa shape index (κ1) is 17.5. The summed E-state index contributed by atoms with van der Waals surface area (Å²) in [6.07, 6.45) is -4.65. The van der Waals surface area contributed by atoms with Gasteiger partial charge in [0.1, 0.15) is 6.54 Å². The second-order valence-electron chi connectivity index (χ2n) is 5.52. The van der Waals surface area contributed by atoms with Crippen molar-refractivity contribution in [2.75, 3.05) is 5.32 Å². The normalized spacial score (nSPS) is 11.7. The summed E-state index contributed by atoms with van der Waals surface area (Å²) < 4.78 is 41.5. The molecule has 3 rings (SSSR count). The lowest BCUT2D eigenvalue weighted by atomic mass is 10.2. The second-order valence-corrected chi connectivity index (χ2v) is 6.37. The van der Waals surface area contributed by atoms with Crippen molar-refractivity contribution in [2.45, 2.75) is 19.6 Å². The van der Waals surface area contributed by atoms with Gasteiger partial charge in [-0.1, -0.05) is 28.1 Å². The molecule has 1 N–H and O–H groups in total. The van der Waals surface area contributed by atoms with E-state index in [2.05, 4.69) is 26.2 Å². The molecule has 1 amide bonds. The summed E-state index contributed by atoms with van der Waals surface area (Å²) in [4.78, 5) is 15.9. The van der Waals surface area contributed by atoms with Gasteiger partial charge in [0.05, 0.1) is 11.0 Å². The maximum absolute atomic E-state index is 13.2. The summed E-state index contributed by atoms with van der Waals surface area (Å²) in [5.41, 5.74) is 1.88. The van der Waals surface area contributed by atoms with E-state index in [1.54, 1.807) is 30.3 Å². The standard InChI is InChI=1S/C17H13BrF3N3O/c1-10-8-11(6-7-12(10)18)22-15(25)9-24-14-5-3-2-4-13(14)23-16(24)17(19,20)21/h2-8H,9H2,1H3,(H,22,25). The Morgan fingerprint density at radius 1 is 1.24 bits per heavy atom. The first-order chi connectivity index (χ1) is 11.8. The minimum atomic E-state index is -4.65. The highest BCUT2D eigenvalue weighted by atomic mass is 79.9. The highest BCUT2D eigenvalue weighted by Gasteiger charge is 2.37. The summed E-state index contributed by atoms with van der Waals surface area (Å²) in [5.74, 6) is -1.65. The van der Waals surface area contributed by atoms with E-state index in [-0.39, 0.29) is 11.0 Å². The number of hydrogen-bond acceptors (Lipinski definition) is 2. The summed E-state index contributed by atoms with van der Waals surface area (Å²) >= 11 is 3.35. The van der Waals surface area contributed by atoms with Crippen LogP contribution in [0, 0.1) is 6.92 Å². The first-order valence-electron chi connectivity index (χ1n) is 7.34. The van der Waals surface area contributed by atoms with Gasteiger partial charge in [0, 0.05) is 10.2 Å². The fraction of sp³-hybridized carbons (Fsp3) is 0.176. The molecule has 0 aliphatic carbocycles. The number of nitrogens with zero attached hydrogens (tertiary/aromatic N) is 2. The van der Waals surface area contributed by atoms with Crippen molar-refractivity contribution in [3.8, 4) is 0 Å². The first-order valence-corrected chi connectivity index (χ1v) is 8.13. The van der Waals surface area contributed by atoms with Crippen molar-refractivity contribution in [1.29, 1.82) is 0 Å². The van der Waals surface area contributed by atoms with Crippen LogP contribution < -0.4 is 5.32 Å². The molecule has 0 radical (unpaired) electrons. The Morgan fingerprint density at radius 2 is 1.96 bits per heavy atom. The van der Waals surface area contributed by atoms with Crippen molar-refractivity contribution in [2.24, 2.45) is 0 Å². The maximum atomic E-state index is 13.2. The van der Waals surface area contributed by atoms with Gasteiger partial charge in [0.25, 0.3) is 0 Å². The van der Waals surface area contributed by atoms with Gasteiger partial charge in [-0.25, -0.2) is 4.98 Å². The Hall–Kier alpha value is -2.35. The van der Waals surface area contributed by atoms with Gasteiger partial charge in [-0.2, -0.15) is 13.2 Å². The number of hydrogen-bond donors (Lipinski definition) is 1. The van der Waals surface area contributed by atoms with E-state index < -0.39 is 24.5 Å². The maximum Gasteiger partial charge on any atom is 0.449 e. The molecule has 3 aromatic rings. The summed E-state index contributed by atoms with van der Waals surface area (Å²) in [6.45, 7) is 1.37. The molecule has 0 fully saturated rings. The Balaban J connectivity index is 1.91. The molecule has 0 aliphatic rings. The zero-order valence-corrected chi connectivity index (χ0v) is 14.6. The number of carbonyl (C=O) groups excluding carboxylic acids is 1. The van der Waals surface area contributed by atoms with Gasteiger partial charge in [0.2, 0.25) is 11.7 Å². The van der Waals surface area contributed by atoms with E-state index in [0.717, 1.165) is 14.6 Å². The number of carbonyl (C=O) groups is 1. The van der Waals surface area contributed by atoms with Crippen LogP contribution in [0.25, 0.3) is 11.0 Å². The molecule has 0 atom stereocenters. The highest BCUT2D eigenvalue weighted by molar-refractivity contribution is 9.10. The number of para-hydroxylation sites is 2. The average molecular weight is 412 g/mol. The van der Waals surface area contributed by atoms with Crippen LogP contribution in [0.5, 0.6) is 0 Å². The number of benzene rings is 2. The van der Waals surface area contributed by atoms with Crippen molar-refractivity contribution in [1.82, 2.24) is 9.55 Å². The summed E-state index contributed by atoms with van der Waals surface area (Å²) in [7, 11) is 0. The van der Waals surface area contributed by atoms with Gasteiger partial charge in [-0.05, 0) is 42.8 Å². The molecular formula is C17H13BrF3N3O. The Kier molecular flexibility index (Phi) is 4.55. The molecule has 1 heterocycles. The highest BCUT2D eigenvalue weighted by Crippen LogP contribution is 2.31. The topological polar surface area (TPSA) is 46.9 Å². The predicted octanol–water partition coefficient (Wildman–Crippen LogP) is 4.76. The molecule has 4 nitrogen and oxygen atoms in total. The second kappa shape index (κ2) is 6.51. The summed E-state index contributed by atoms with van der Waals surface area (Å²) in [6, 6.07) is 11.4. The van der Waals surface area contributed by atoms with E-state index in [4.69, 9.17) is 0 Å². The van der Waals surface area contributed by atoms with Crippen LogP contribution in [0.15, 0.2) is 46.9 Å². The number of anilines is 1.